The molecule has 1 aromatic carbocycles. The van der Waals surface area contributed by atoms with E-state index in [-0.39, 0.29) is 10.7 Å². The van der Waals surface area contributed by atoms with Gasteiger partial charge in [-0.05, 0) is 30.9 Å². The van der Waals surface area contributed by atoms with E-state index in [9.17, 15) is 14.4 Å². The SMILES string of the molecule is Cc1ccc(Cn2nc(C)c(C(=O)OCC(=O)NC(=O)c3cccs3)c2Cl)cc1. The van der Waals surface area contributed by atoms with E-state index >= 15 is 0 Å². The molecule has 0 atom stereocenters. The van der Waals surface area contributed by atoms with E-state index in [1.807, 2.05) is 31.2 Å². The fraction of sp³-hybridized carbons (Fsp3) is 0.200. The van der Waals surface area contributed by atoms with E-state index in [1.165, 1.54) is 16.0 Å². The number of carbonyl (C=O) groups excluding carboxylic acids is 3. The van der Waals surface area contributed by atoms with Gasteiger partial charge in [0.2, 0.25) is 0 Å². The number of esters is 1. The average molecular weight is 432 g/mol. The first-order chi connectivity index (χ1) is 13.8. The maximum absolute atomic E-state index is 12.4. The van der Waals surface area contributed by atoms with Crippen molar-refractivity contribution in [1.82, 2.24) is 15.1 Å². The van der Waals surface area contributed by atoms with Crippen molar-refractivity contribution in [3.63, 3.8) is 0 Å². The van der Waals surface area contributed by atoms with Gasteiger partial charge in [0.05, 0.1) is 17.1 Å². The lowest BCUT2D eigenvalue weighted by molar-refractivity contribution is -0.123. The summed E-state index contributed by atoms with van der Waals surface area (Å²) in [5.41, 5.74) is 2.60. The van der Waals surface area contributed by atoms with Crippen LogP contribution in [-0.2, 0) is 16.1 Å². The number of nitrogens with zero attached hydrogens (tertiary/aromatic N) is 2. The Kier molecular flexibility index (Phi) is 6.46. The fourth-order valence-corrected chi connectivity index (χ4v) is 3.52. The molecule has 2 heterocycles. The summed E-state index contributed by atoms with van der Waals surface area (Å²) in [6.07, 6.45) is 0. The minimum atomic E-state index is -0.777. The zero-order valence-electron chi connectivity index (χ0n) is 15.8. The highest BCUT2D eigenvalue weighted by molar-refractivity contribution is 7.12. The van der Waals surface area contributed by atoms with E-state index in [0.29, 0.717) is 17.1 Å². The molecule has 0 bridgehead atoms. The second-order valence-electron chi connectivity index (χ2n) is 6.33. The number of imide groups is 1. The fourth-order valence-electron chi connectivity index (χ4n) is 2.59. The number of aryl methyl sites for hydroxylation is 2. The van der Waals surface area contributed by atoms with E-state index < -0.39 is 24.4 Å². The van der Waals surface area contributed by atoms with Crippen LogP contribution < -0.4 is 5.32 Å². The number of thiophene rings is 1. The summed E-state index contributed by atoms with van der Waals surface area (Å²) in [5, 5.41) is 8.30. The number of amides is 2. The summed E-state index contributed by atoms with van der Waals surface area (Å²) >= 11 is 7.52. The molecular weight excluding hydrogens is 414 g/mol. The summed E-state index contributed by atoms with van der Waals surface area (Å²) in [6.45, 7) is 3.42. The molecule has 0 aliphatic carbocycles. The summed E-state index contributed by atoms with van der Waals surface area (Å²) < 4.78 is 6.51. The lowest BCUT2D eigenvalue weighted by atomic mass is 10.1. The molecule has 29 heavy (non-hydrogen) atoms. The minimum absolute atomic E-state index is 0.0937. The van der Waals surface area contributed by atoms with Gasteiger partial charge in [0, 0.05) is 0 Å². The molecule has 0 spiro atoms. The zero-order chi connectivity index (χ0) is 21.0. The normalized spacial score (nSPS) is 10.6. The molecule has 0 saturated carbocycles. The number of rotatable bonds is 6. The van der Waals surface area contributed by atoms with Crippen molar-refractivity contribution in [3.05, 3.63) is 74.2 Å². The zero-order valence-corrected chi connectivity index (χ0v) is 17.3. The van der Waals surface area contributed by atoms with Crippen LogP contribution in [0.3, 0.4) is 0 Å². The molecule has 1 N–H and O–H groups in total. The second kappa shape index (κ2) is 9.02. The summed E-state index contributed by atoms with van der Waals surface area (Å²) in [5.74, 6) is -2.04. The molecule has 150 valence electrons. The van der Waals surface area contributed by atoms with Gasteiger partial charge in [-0.2, -0.15) is 5.10 Å². The third-order valence-corrected chi connectivity index (χ3v) is 5.31. The smallest absolute Gasteiger partial charge is 0.343 e. The van der Waals surface area contributed by atoms with Gasteiger partial charge >= 0.3 is 5.97 Å². The number of ether oxygens (including phenoxy) is 1. The second-order valence-corrected chi connectivity index (χ2v) is 7.63. The summed E-state index contributed by atoms with van der Waals surface area (Å²) in [6, 6.07) is 11.1. The van der Waals surface area contributed by atoms with Crippen molar-refractivity contribution >= 4 is 40.7 Å². The highest BCUT2D eigenvalue weighted by atomic mass is 35.5. The van der Waals surface area contributed by atoms with Crippen molar-refractivity contribution in [3.8, 4) is 0 Å². The highest BCUT2D eigenvalue weighted by Crippen LogP contribution is 2.22. The molecule has 7 nitrogen and oxygen atoms in total. The van der Waals surface area contributed by atoms with Crippen LogP contribution >= 0.6 is 22.9 Å². The Morgan fingerprint density at radius 2 is 1.90 bits per heavy atom. The summed E-state index contributed by atoms with van der Waals surface area (Å²) in [4.78, 5) is 36.5. The monoisotopic (exact) mass is 431 g/mol. The van der Waals surface area contributed by atoms with Crippen LogP contribution in [0.4, 0.5) is 0 Å². The maximum atomic E-state index is 12.4. The number of halogens is 1. The number of nitrogens with one attached hydrogen (secondary N) is 1. The summed E-state index contributed by atoms with van der Waals surface area (Å²) in [7, 11) is 0. The van der Waals surface area contributed by atoms with Crippen LogP contribution in [-0.4, -0.2) is 34.2 Å². The molecule has 0 saturated heterocycles. The maximum Gasteiger partial charge on any atom is 0.343 e. The Bertz CT molecular complexity index is 1040. The number of hydrogen-bond donors (Lipinski definition) is 1. The van der Waals surface area contributed by atoms with Crippen LogP contribution in [0.1, 0.15) is 36.9 Å². The predicted octanol–water partition coefficient (Wildman–Crippen LogP) is 3.38. The van der Waals surface area contributed by atoms with Crippen LogP contribution in [0.5, 0.6) is 0 Å². The van der Waals surface area contributed by atoms with Crippen molar-refractivity contribution in [2.75, 3.05) is 6.61 Å². The first-order valence-electron chi connectivity index (χ1n) is 8.68. The molecule has 0 fully saturated rings. The standard InChI is InChI=1S/C20H18ClN3O4S/c1-12-5-7-14(8-6-12)10-24-18(21)17(13(2)23-24)20(27)28-11-16(25)22-19(26)15-4-3-9-29-15/h3-9H,10-11H2,1-2H3,(H,22,25,26). The lowest BCUT2D eigenvalue weighted by Crippen LogP contribution is -2.33. The molecule has 0 aliphatic heterocycles. The van der Waals surface area contributed by atoms with E-state index in [2.05, 4.69) is 10.4 Å². The third kappa shape index (κ3) is 5.10. The van der Waals surface area contributed by atoms with Gasteiger partial charge in [-0.25, -0.2) is 9.48 Å². The number of hydrogen-bond acceptors (Lipinski definition) is 6. The van der Waals surface area contributed by atoms with E-state index in [4.69, 9.17) is 16.3 Å². The van der Waals surface area contributed by atoms with Crippen LogP contribution in [0.25, 0.3) is 0 Å². The molecule has 3 rings (SSSR count). The van der Waals surface area contributed by atoms with Gasteiger partial charge in [0.1, 0.15) is 10.7 Å². The van der Waals surface area contributed by atoms with Crippen molar-refractivity contribution < 1.29 is 19.1 Å². The topological polar surface area (TPSA) is 90.3 Å². The van der Waals surface area contributed by atoms with Gasteiger partial charge in [-0.3, -0.25) is 14.9 Å². The Morgan fingerprint density at radius 1 is 1.17 bits per heavy atom. The number of carbonyl (C=O) groups is 3. The van der Waals surface area contributed by atoms with Gasteiger partial charge < -0.3 is 4.74 Å². The minimum Gasteiger partial charge on any atom is -0.452 e. The molecular formula is C20H18ClN3O4S. The van der Waals surface area contributed by atoms with Crippen molar-refractivity contribution in [2.24, 2.45) is 0 Å². The number of aromatic nitrogens is 2. The van der Waals surface area contributed by atoms with Gasteiger partial charge in [0.15, 0.2) is 6.61 Å². The molecule has 3 aromatic rings. The largest absolute Gasteiger partial charge is 0.452 e. The van der Waals surface area contributed by atoms with Crippen LogP contribution in [0, 0.1) is 13.8 Å². The van der Waals surface area contributed by atoms with Crippen molar-refractivity contribution in [1.29, 1.82) is 0 Å². The molecule has 0 radical (unpaired) electrons. The van der Waals surface area contributed by atoms with E-state index in [1.54, 1.807) is 24.4 Å². The predicted molar refractivity (Wildman–Crippen MR) is 109 cm³/mol. The first-order valence-corrected chi connectivity index (χ1v) is 9.94. The Balaban J connectivity index is 1.61. The Labute approximate surface area is 176 Å². The van der Waals surface area contributed by atoms with Gasteiger partial charge in [-0.15, -0.1) is 11.3 Å². The molecule has 2 aromatic heterocycles. The van der Waals surface area contributed by atoms with Crippen LogP contribution in [0.15, 0.2) is 41.8 Å². The van der Waals surface area contributed by atoms with Crippen molar-refractivity contribution in [2.45, 2.75) is 20.4 Å². The van der Waals surface area contributed by atoms with Gasteiger partial charge in [-0.1, -0.05) is 47.5 Å². The first kappa shape index (κ1) is 20.8. The Hall–Kier alpha value is -2.97. The Morgan fingerprint density at radius 3 is 2.55 bits per heavy atom. The molecule has 2 amide bonds. The average Bonchev–Trinajstić information content (AvgIpc) is 3.31. The van der Waals surface area contributed by atoms with E-state index in [0.717, 1.165) is 11.1 Å². The van der Waals surface area contributed by atoms with Crippen LogP contribution in [0.2, 0.25) is 5.15 Å². The highest BCUT2D eigenvalue weighted by Gasteiger charge is 2.23. The number of benzene rings is 1. The molecule has 0 unspecified atom stereocenters. The lowest BCUT2D eigenvalue weighted by Gasteiger charge is -2.06. The van der Waals surface area contributed by atoms with Gasteiger partial charge in [0.25, 0.3) is 11.8 Å². The third-order valence-electron chi connectivity index (χ3n) is 4.05. The molecule has 0 aliphatic rings. The molecule has 9 heteroatoms. The quantitative estimate of drug-likeness (QED) is 0.604.